The zero-order valence-electron chi connectivity index (χ0n) is 10.8. The van der Waals surface area contributed by atoms with Gasteiger partial charge in [-0.25, -0.2) is 0 Å². The van der Waals surface area contributed by atoms with Crippen LogP contribution in [-0.4, -0.2) is 15.8 Å². The highest BCUT2D eigenvalue weighted by molar-refractivity contribution is 6.31. The molecule has 0 aliphatic carbocycles. The number of nitrogens with one attached hydrogen (secondary N) is 1. The van der Waals surface area contributed by atoms with Crippen molar-refractivity contribution >= 4 is 11.6 Å². The van der Waals surface area contributed by atoms with E-state index < -0.39 is 0 Å². The Morgan fingerprint density at radius 2 is 2.00 bits per heavy atom. The summed E-state index contributed by atoms with van der Waals surface area (Å²) in [6.45, 7) is 12.3. The Hall–Kier alpha value is -0.540. The van der Waals surface area contributed by atoms with Crippen molar-refractivity contribution in [2.24, 2.45) is 5.92 Å². The van der Waals surface area contributed by atoms with E-state index in [1.165, 1.54) is 0 Å². The summed E-state index contributed by atoms with van der Waals surface area (Å²) >= 11 is 6.23. The first-order chi connectivity index (χ1) is 7.47. The van der Waals surface area contributed by atoms with Crippen LogP contribution in [0.15, 0.2) is 0 Å². The Kier molecular flexibility index (Phi) is 4.81. The minimum atomic E-state index is 0.483. The molecule has 0 bridgehead atoms. The van der Waals surface area contributed by atoms with Crippen LogP contribution in [0.5, 0.6) is 0 Å². The average molecular weight is 244 g/mol. The normalized spacial score (nSPS) is 13.4. The summed E-state index contributed by atoms with van der Waals surface area (Å²) in [7, 11) is 0. The molecule has 0 amide bonds. The maximum Gasteiger partial charge on any atom is 0.0860 e. The second kappa shape index (κ2) is 5.69. The first kappa shape index (κ1) is 13.5. The van der Waals surface area contributed by atoms with Crippen molar-refractivity contribution < 1.29 is 0 Å². The number of aryl methyl sites for hydroxylation is 2. The third kappa shape index (κ3) is 2.98. The summed E-state index contributed by atoms with van der Waals surface area (Å²) in [5.74, 6) is 0.623. The number of halogens is 1. The fourth-order valence-electron chi connectivity index (χ4n) is 1.53. The second-order valence-corrected chi connectivity index (χ2v) is 4.95. The molecule has 1 unspecified atom stereocenters. The molecule has 92 valence electrons. The molecule has 4 heteroatoms. The molecule has 1 aromatic rings. The highest BCUT2D eigenvalue weighted by Gasteiger charge is 2.14. The van der Waals surface area contributed by atoms with Gasteiger partial charge in [-0.05, 0) is 26.7 Å². The van der Waals surface area contributed by atoms with Crippen LogP contribution in [0.3, 0.4) is 0 Å². The van der Waals surface area contributed by atoms with Gasteiger partial charge in [0.25, 0.3) is 0 Å². The number of aromatic nitrogens is 2. The molecular weight excluding hydrogens is 222 g/mol. The average Bonchev–Trinajstić information content (AvgIpc) is 2.51. The lowest BCUT2D eigenvalue weighted by atomic mass is 10.1. The Bertz CT molecular complexity index is 344. The van der Waals surface area contributed by atoms with E-state index in [1.54, 1.807) is 0 Å². The lowest BCUT2D eigenvalue weighted by molar-refractivity contribution is 0.417. The Labute approximate surface area is 103 Å². The topological polar surface area (TPSA) is 29.9 Å². The van der Waals surface area contributed by atoms with Gasteiger partial charge in [0, 0.05) is 19.1 Å². The molecular formula is C12H22ClN3. The molecule has 3 nitrogen and oxygen atoms in total. The van der Waals surface area contributed by atoms with E-state index in [9.17, 15) is 0 Å². The molecule has 0 radical (unpaired) electrons. The van der Waals surface area contributed by atoms with E-state index in [0.29, 0.717) is 12.0 Å². The van der Waals surface area contributed by atoms with Gasteiger partial charge in [-0.15, -0.1) is 0 Å². The molecule has 1 heterocycles. The molecule has 0 aliphatic heterocycles. The SMILES string of the molecule is CCn1nc(C)c(Cl)c1CNC(C)C(C)C. The molecule has 16 heavy (non-hydrogen) atoms. The van der Waals surface area contributed by atoms with Gasteiger partial charge in [0.1, 0.15) is 0 Å². The van der Waals surface area contributed by atoms with E-state index in [2.05, 4.69) is 38.1 Å². The predicted molar refractivity (Wildman–Crippen MR) is 68.8 cm³/mol. The third-order valence-corrected chi connectivity index (χ3v) is 3.54. The van der Waals surface area contributed by atoms with Crippen LogP contribution in [0.25, 0.3) is 0 Å². The number of nitrogens with zero attached hydrogens (tertiary/aromatic N) is 2. The summed E-state index contributed by atoms with van der Waals surface area (Å²) in [5, 5.41) is 8.67. The van der Waals surface area contributed by atoms with Crippen molar-refractivity contribution in [2.45, 2.75) is 53.8 Å². The van der Waals surface area contributed by atoms with Gasteiger partial charge in [-0.1, -0.05) is 25.4 Å². The Morgan fingerprint density at radius 3 is 2.50 bits per heavy atom. The van der Waals surface area contributed by atoms with Gasteiger partial charge >= 0.3 is 0 Å². The van der Waals surface area contributed by atoms with E-state index in [1.807, 2.05) is 11.6 Å². The lowest BCUT2D eigenvalue weighted by Crippen LogP contribution is -2.31. The van der Waals surface area contributed by atoms with Crippen molar-refractivity contribution in [1.82, 2.24) is 15.1 Å². The van der Waals surface area contributed by atoms with E-state index >= 15 is 0 Å². The maximum atomic E-state index is 6.23. The standard InChI is InChI=1S/C12H22ClN3/c1-6-16-11(12(13)10(5)15-16)7-14-9(4)8(2)3/h8-9,14H,6-7H2,1-5H3. The van der Waals surface area contributed by atoms with E-state index in [4.69, 9.17) is 11.6 Å². The van der Waals surface area contributed by atoms with Crippen LogP contribution in [0.2, 0.25) is 5.02 Å². The van der Waals surface area contributed by atoms with Crippen LogP contribution in [0, 0.1) is 12.8 Å². The summed E-state index contributed by atoms with van der Waals surface area (Å²) in [6, 6.07) is 0.483. The smallest absolute Gasteiger partial charge is 0.0860 e. The number of hydrogen-bond donors (Lipinski definition) is 1. The first-order valence-corrected chi connectivity index (χ1v) is 6.30. The Balaban J connectivity index is 2.73. The minimum Gasteiger partial charge on any atom is -0.308 e. The van der Waals surface area contributed by atoms with Crippen molar-refractivity contribution in [3.8, 4) is 0 Å². The third-order valence-electron chi connectivity index (χ3n) is 3.04. The summed E-state index contributed by atoms with van der Waals surface area (Å²) in [4.78, 5) is 0. The second-order valence-electron chi connectivity index (χ2n) is 4.58. The van der Waals surface area contributed by atoms with Gasteiger partial charge in [-0.3, -0.25) is 4.68 Å². The molecule has 1 N–H and O–H groups in total. The van der Waals surface area contributed by atoms with Gasteiger partial charge in [0.2, 0.25) is 0 Å². The van der Waals surface area contributed by atoms with Crippen LogP contribution in [0.1, 0.15) is 39.1 Å². The highest BCUT2D eigenvalue weighted by atomic mass is 35.5. The molecule has 1 rings (SSSR count). The van der Waals surface area contributed by atoms with Gasteiger partial charge in [0.05, 0.1) is 16.4 Å². The molecule has 0 spiro atoms. The van der Waals surface area contributed by atoms with Crippen molar-refractivity contribution in [1.29, 1.82) is 0 Å². The van der Waals surface area contributed by atoms with Crippen LogP contribution in [0.4, 0.5) is 0 Å². The van der Waals surface area contributed by atoms with Gasteiger partial charge in [0.15, 0.2) is 0 Å². The highest BCUT2D eigenvalue weighted by Crippen LogP contribution is 2.20. The molecule has 0 saturated carbocycles. The lowest BCUT2D eigenvalue weighted by Gasteiger charge is -2.17. The number of rotatable bonds is 5. The fourth-order valence-corrected chi connectivity index (χ4v) is 1.73. The monoisotopic (exact) mass is 243 g/mol. The van der Waals surface area contributed by atoms with Gasteiger partial charge < -0.3 is 5.32 Å². The van der Waals surface area contributed by atoms with Gasteiger partial charge in [-0.2, -0.15) is 5.10 Å². The zero-order chi connectivity index (χ0) is 12.3. The molecule has 1 atom stereocenters. The number of hydrogen-bond acceptors (Lipinski definition) is 2. The van der Waals surface area contributed by atoms with Crippen LogP contribution in [-0.2, 0) is 13.1 Å². The van der Waals surface area contributed by atoms with Crippen molar-refractivity contribution in [3.05, 3.63) is 16.4 Å². The summed E-state index contributed by atoms with van der Waals surface area (Å²) in [6.07, 6.45) is 0. The van der Waals surface area contributed by atoms with E-state index in [-0.39, 0.29) is 0 Å². The van der Waals surface area contributed by atoms with Crippen LogP contribution < -0.4 is 5.32 Å². The quantitative estimate of drug-likeness (QED) is 0.862. The largest absolute Gasteiger partial charge is 0.308 e. The Morgan fingerprint density at radius 1 is 1.38 bits per heavy atom. The molecule has 0 fully saturated rings. The minimum absolute atomic E-state index is 0.483. The molecule has 0 aliphatic rings. The fraction of sp³-hybridized carbons (Fsp3) is 0.750. The molecule has 0 aromatic carbocycles. The maximum absolute atomic E-state index is 6.23. The summed E-state index contributed by atoms with van der Waals surface area (Å²) < 4.78 is 1.97. The molecule has 0 saturated heterocycles. The van der Waals surface area contributed by atoms with E-state index in [0.717, 1.165) is 29.5 Å². The zero-order valence-corrected chi connectivity index (χ0v) is 11.6. The first-order valence-electron chi connectivity index (χ1n) is 5.92. The van der Waals surface area contributed by atoms with Crippen molar-refractivity contribution in [3.63, 3.8) is 0 Å². The molecule has 1 aromatic heterocycles. The van der Waals surface area contributed by atoms with Crippen LogP contribution >= 0.6 is 11.6 Å². The summed E-state index contributed by atoms with van der Waals surface area (Å²) in [5.41, 5.74) is 2.01. The van der Waals surface area contributed by atoms with Crippen molar-refractivity contribution in [2.75, 3.05) is 0 Å². The predicted octanol–water partition coefficient (Wildman–Crippen LogP) is 3.00.